The lowest BCUT2D eigenvalue weighted by Crippen LogP contribution is -2.47. The lowest BCUT2D eigenvalue weighted by atomic mass is 10.3. The van der Waals surface area contributed by atoms with Crippen LogP contribution in [-0.4, -0.2) is 34.0 Å². The van der Waals surface area contributed by atoms with Gasteiger partial charge in [-0.1, -0.05) is 0 Å². The summed E-state index contributed by atoms with van der Waals surface area (Å²) in [6.07, 6.45) is 0.802. The number of carboxylic acid groups (broad SMARTS) is 1. The molecule has 0 aliphatic rings. The highest BCUT2D eigenvalue weighted by Crippen LogP contribution is 2.07. The predicted octanol–water partition coefficient (Wildman–Crippen LogP) is -0.285. The summed E-state index contributed by atoms with van der Waals surface area (Å²) in [5, 5.41) is 10.6. The monoisotopic (exact) mass is 256 g/mol. The van der Waals surface area contributed by atoms with Crippen molar-refractivity contribution in [2.45, 2.75) is 13.0 Å². The van der Waals surface area contributed by atoms with Gasteiger partial charge in [-0.15, -0.1) is 0 Å². The second-order valence-electron chi connectivity index (χ2n) is 3.21. The Kier molecular flexibility index (Phi) is 4.30. The molecular weight excluding hydrogens is 247 g/mol. The molecule has 0 aliphatic carbocycles. The predicted molar refractivity (Wildman–Crippen MR) is 55.1 cm³/mol. The van der Waals surface area contributed by atoms with Crippen molar-refractivity contribution >= 4 is 17.8 Å². The molecule has 1 rings (SSSR count). The van der Waals surface area contributed by atoms with E-state index in [0.717, 1.165) is 25.3 Å². The number of carbonyl (C=O) groups excluding carboxylic acids is 2. The van der Waals surface area contributed by atoms with Crippen molar-refractivity contribution in [3.63, 3.8) is 0 Å². The Labute approximate surface area is 101 Å². The van der Waals surface area contributed by atoms with E-state index >= 15 is 0 Å². The Morgan fingerprint density at radius 3 is 2.56 bits per heavy atom. The first-order valence-electron chi connectivity index (χ1n) is 4.73. The molecule has 2 N–H and O–H groups in total. The van der Waals surface area contributed by atoms with E-state index in [1.54, 1.807) is 0 Å². The maximum atomic E-state index is 12.5. The molecule has 8 heteroatoms. The Morgan fingerprint density at radius 2 is 2.11 bits per heavy atom. The van der Waals surface area contributed by atoms with Gasteiger partial charge >= 0.3 is 11.9 Å². The number of nitrogens with zero attached hydrogens (tertiary/aromatic N) is 1. The molecule has 7 nitrogen and oxygen atoms in total. The molecule has 0 fully saturated rings. The second kappa shape index (κ2) is 5.71. The van der Waals surface area contributed by atoms with Gasteiger partial charge in [-0.25, -0.2) is 19.0 Å². The van der Waals surface area contributed by atoms with Crippen LogP contribution in [0.4, 0.5) is 4.39 Å². The van der Waals surface area contributed by atoms with Crippen LogP contribution in [0, 0.1) is 5.82 Å². The Hall–Kier alpha value is -2.51. The highest BCUT2D eigenvalue weighted by Gasteiger charge is 2.29. The van der Waals surface area contributed by atoms with Gasteiger partial charge in [0.25, 0.3) is 0 Å². The molecule has 0 spiro atoms. The number of hydrogen-bond acceptors (Lipinski definition) is 5. The quantitative estimate of drug-likeness (QED) is 0.566. The third-order valence-electron chi connectivity index (χ3n) is 1.74. The summed E-state index contributed by atoms with van der Waals surface area (Å²) in [7, 11) is 0. The molecule has 96 valence electrons. The van der Waals surface area contributed by atoms with E-state index in [2.05, 4.69) is 9.72 Å². The van der Waals surface area contributed by atoms with E-state index in [9.17, 15) is 18.8 Å². The minimum atomic E-state index is -1.84. The van der Waals surface area contributed by atoms with Crippen LogP contribution in [0.2, 0.25) is 0 Å². The van der Waals surface area contributed by atoms with Crippen LogP contribution in [0.25, 0.3) is 0 Å². The highest BCUT2D eigenvalue weighted by atomic mass is 19.1. The van der Waals surface area contributed by atoms with Crippen molar-refractivity contribution < 1.29 is 28.6 Å². The molecule has 1 unspecified atom stereocenters. The standard InChI is InChI=1S/C10H9FN2O5/c1-5(14)13-8(9(15)16)10(17)18-7-3-2-6(11)4-12-7/h2-4,8H,1H3,(H,13,14)(H,15,16). The van der Waals surface area contributed by atoms with E-state index in [4.69, 9.17) is 5.11 Å². The van der Waals surface area contributed by atoms with Gasteiger partial charge in [0.05, 0.1) is 6.20 Å². The van der Waals surface area contributed by atoms with Gasteiger partial charge in [-0.2, -0.15) is 0 Å². The number of ether oxygens (including phenoxy) is 1. The molecule has 1 aromatic heterocycles. The molecule has 1 atom stereocenters. The molecule has 0 saturated heterocycles. The number of carboxylic acids is 1. The Balaban J connectivity index is 2.75. The van der Waals surface area contributed by atoms with Crippen molar-refractivity contribution in [3.8, 4) is 5.88 Å². The number of amides is 1. The number of hydrogen-bond donors (Lipinski definition) is 2. The summed E-state index contributed by atoms with van der Waals surface area (Å²) >= 11 is 0. The highest BCUT2D eigenvalue weighted by molar-refractivity contribution is 6.01. The van der Waals surface area contributed by atoms with E-state index in [1.165, 1.54) is 0 Å². The van der Waals surface area contributed by atoms with Gasteiger partial charge in [0.1, 0.15) is 5.82 Å². The van der Waals surface area contributed by atoms with Crippen LogP contribution in [0.3, 0.4) is 0 Å². The first kappa shape index (κ1) is 13.6. The van der Waals surface area contributed by atoms with Crippen LogP contribution in [0.15, 0.2) is 18.3 Å². The van der Waals surface area contributed by atoms with Crippen LogP contribution in [0.5, 0.6) is 5.88 Å². The zero-order valence-corrected chi connectivity index (χ0v) is 9.21. The first-order valence-corrected chi connectivity index (χ1v) is 4.73. The fraction of sp³-hybridized carbons (Fsp3) is 0.200. The number of carbonyl (C=O) groups is 3. The summed E-state index contributed by atoms with van der Waals surface area (Å²) in [4.78, 5) is 36.3. The first-order chi connectivity index (χ1) is 8.40. The van der Waals surface area contributed by atoms with Crippen molar-refractivity contribution in [2.75, 3.05) is 0 Å². The van der Waals surface area contributed by atoms with Gasteiger partial charge in [0.15, 0.2) is 0 Å². The third kappa shape index (κ3) is 3.81. The van der Waals surface area contributed by atoms with Crippen LogP contribution in [-0.2, 0) is 14.4 Å². The minimum Gasteiger partial charge on any atom is -0.479 e. The van der Waals surface area contributed by atoms with Gasteiger partial charge < -0.3 is 15.2 Å². The third-order valence-corrected chi connectivity index (χ3v) is 1.74. The molecule has 1 aromatic rings. The average Bonchev–Trinajstić information content (AvgIpc) is 2.28. The van der Waals surface area contributed by atoms with Gasteiger partial charge in [-0.3, -0.25) is 4.79 Å². The van der Waals surface area contributed by atoms with Crippen molar-refractivity contribution in [1.82, 2.24) is 10.3 Å². The molecule has 1 heterocycles. The van der Waals surface area contributed by atoms with E-state index in [0.29, 0.717) is 0 Å². The van der Waals surface area contributed by atoms with Crippen LogP contribution in [0.1, 0.15) is 6.92 Å². The summed E-state index contributed by atoms with van der Waals surface area (Å²) in [5.74, 6) is -4.40. The fourth-order valence-electron chi connectivity index (χ4n) is 1.01. The van der Waals surface area contributed by atoms with E-state index in [1.807, 2.05) is 5.32 Å². The molecule has 0 bridgehead atoms. The lowest BCUT2D eigenvalue weighted by Gasteiger charge is -2.11. The number of aromatic nitrogens is 1. The summed E-state index contributed by atoms with van der Waals surface area (Å²) in [6, 6.07) is 0.207. The Morgan fingerprint density at radius 1 is 1.44 bits per heavy atom. The Bertz CT molecular complexity index is 474. The molecule has 0 aliphatic heterocycles. The normalized spacial score (nSPS) is 11.4. The number of pyridine rings is 1. The molecule has 18 heavy (non-hydrogen) atoms. The van der Waals surface area contributed by atoms with Crippen molar-refractivity contribution in [1.29, 1.82) is 0 Å². The van der Waals surface area contributed by atoms with Gasteiger partial charge in [0, 0.05) is 13.0 Å². The number of halogens is 1. The molecule has 1 amide bonds. The van der Waals surface area contributed by atoms with Crippen LogP contribution < -0.4 is 10.1 Å². The molecule has 0 aromatic carbocycles. The molecule has 0 radical (unpaired) electrons. The molecule has 0 saturated carbocycles. The number of esters is 1. The van der Waals surface area contributed by atoms with Crippen molar-refractivity contribution in [2.24, 2.45) is 0 Å². The topological polar surface area (TPSA) is 106 Å². The fourth-order valence-corrected chi connectivity index (χ4v) is 1.01. The van der Waals surface area contributed by atoms with E-state index < -0.39 is 29.7 Å². The van der Waals surface area contributed by atoms with Crippen LogP contribution >= 0.6 is 0 Å². The van der Waals surface area contributed by atoms with Gasteiger partial charge in [-0.05, 0) is 6.07 Å². The van der Waals surface area contributed by atoms with Gasteiger partial charge in [0.2, 0.25) is 17.8 Å². The number of nitrogens with one attached hydrogen (secondary N) is 1. The summed E-state index contributed by atoms with van der Waals surface area (Å²) < 4.78 is 17.1. The van der Waals surface area contributed by atoms with E-state index in [-0.39, 0.29) is 5.88 Å². The average molecular weight is 256 g/mol. The maximum absolute atomic E-state index is 12.5. The summed E-state index contributed by atoms with van der Waals surface area (Å²) in [6.45, 7) is 1.05. The maximum Gasteiger partial charge on any atom is 0.347 e. The zero-order chi connectivity index (χ0) is 13.7. The number of aliphatic carboxylic acids is 1. The van der Waals surface area contributed by atoms with Crippen molar-refractivity contribution in [3.05, 3.63) is 24.1 Å². The summed E-state index contributed by atoms with van der Waals surface area (Å²) in [5.41, 5.74) is 0. The molecular formula is C10H9FN2O5. The largest absolute Gasteiger partial charge is 0.479 e. The minimum absolute atomic E-state index is 0.266. The smallest absolute Gasteiger partial charge is 0.347 e. The zero-order valence-electron chi connectivity index (χ0n) is 9.21. The lowest BCUT2D eigenvalue weighted by molar-refractivity contribution is -0.151. The SMILES string of the molecule is CC(=O)NC(C(=O)O)C(=O)Oc1ccc(F)cn1. The number of rotatable bonds is 4. The second-order valence-corrected chi connectivity index (χ2v) is 3.21.